The number of fused-ring (bicyclic) bond motifs is 1. The zero-order valence-corrected chi connectivity index (χ0v) is 18.3. The van der Waals surface area contributed by atoms with Crippen LogP contribution in [0.5, 0.6) is 5.75 Å². The van der Waals surface area contributed by atoms with Crippen LogP contribution < -0.4 is 0 Å². The van der Waals surface area contributed by atoms with Gasteiger partial charge in [-0.05, 0) is 54.2 Å². The van der Waals surface area contributed by atoms with Crippen molar-refractivity contribution in [2.24, 2.45) is 5.41 Å². The maximum atomic E-state index is 12.5. The van der Waals surface area contributed by atoms with Gasteiger partial charge in [-0.1, -0.05) is 49.7 Å². The molecule has 1 N–H and O–H groups in total. The van der Waals surface area contributed by atoms with Crippen molar-refractivity contribution < 1.29 is 14.6 Å². The minimum absolute atomic E-state index is 0.100. The van der Waals surface area contributed by atoms with Gasteiger partial charge in [-0.15, -0.1) is 0 Å². The average Bonchev–Trinajstić information content (AvgIpc) is 3.14. The number of phenols is 1. The Morgan fingerprint density at radius 1 is 1.07 bits per heavy atom. The van der Waals surface area contributed by atoms with E-state index >= 15 is 0 Å². The minimum atomic E-state index is -0.227. The van der Waals surface area contributed by atoms with Crippen LogP contribution in [-0.4, -0.2) is 22.2 Å². The molecule has 5 heteroatoms. The summed E-state index contributed by atoms with van der Waals surface area (Å²) < 4.78 is 7.59. The maximum absolute atomic E-state index is 12.5. The third-order valence-corrected chi connectivity index (χ3v) is 5.87. The number of hydrogen-bond acceptors (Lipinski definition) is 3. The number of hydrogen-bond donors (Lipinski definition) is 1. The molecule has 2 aromatic carbocycles. The van der Waals surface area contributed by atoms with Crippen LogP contribution in [0.15, 0.2) is 48.5 Å². The summed E-state index contributed by atoms with van der Waals surface area (Å²) in [6.07, 6.45) is 1.12. The van der Waals surface area contributed by atoms with Gasteiger partial charge >= 0.3 is 5.97 Å². The molecule has 0 unspecified atom stereocenters. The van der Waals surface area contributed by atoms with Crippen molar-refractivity contribution in [2.45, 2.75) is 40.2 Å². The molecule has 4 rings (SSSR count). The van der Waals surface area contributed by atoms with E-state index < -0.39 is 0 Å². The second-order valence-corrected chi connectivity index (χ2v) is 9.04. The number of ether oxygens (including phenoxy) is 1. The van der Waals surface area contributed by atoms with Crippen LogP contribution >= 0.6 is 11.6 Å². The molecule has 0 radical (unpaired) electrons. The highest BCUT2D eigenvalue weighted by molar-refractivity contribution is 6.30. The Morgan fingerprint density at radius 2 is 1.67 bits per heavy atom. The molecule has 1 aromatic heterocycles. The first-order valence-electron chi connectivity index (χ1n) is 10.2. The molecular weight excluding hydrogens is 398 g/mol. The summed E-state index contributed by atoms with van der Waals surface area (Å²) in [5.41, 5.74) is 6.48. The highest BCUT2D eigenvalue weighted by atomic mass is 35.5. The Labute approximate surface area is 182 Å². The number of esters is 1. The summed E-state index contributed by atoms with van der Waals surface area (Å²) in [4.78, 5) is 12.5. The van der Waals surface area contributed by atoms with Crippen LogP contribution in [0, 0.1) is 5.41 Å². The molecule has 0 saturated carbocycles. The molecule has 2 heterocycles. The topological polar surface area (TPSA) is 51.5 Å². The van der Waals surface area contributed by atoms with Crippen LogP contribution in [0.25, 0.3) is 22.3 Å². The van der Waals surface area contributed by atoms with Gasteiger partial charge in [-0.3, -0.25) is 4.79 Å². The van der Waals surface area contributed by atoms with Gasteiger partial charge in [-0.2, -0.15) is 0 Å². The Morgan fingerprint density at radius 3 is 2.30 bits per heavy atom. The number of aromatic nitrogens is 1. The lowest BCUT2D eigenvalue weighted by atomic mass is 9.86. The van der Waals surface area contributed by atoms with E-state index in [0.29, 0.717) is 11.6 Å². The van der Waals surface area contributed by atoms with Crippen molar-refractivity contribution in [3.63, 3.8) is 0 Å². The molecule has 0 saturated heterocycles. The van der Waals surface area contributed by atoms with Crippen molar-refractivity contribution >= 4 is 17.6 Å². The van der Waals surface area contributed by atoms with Crippen molar-refractivity contribution in [1.82, 2.24) is 4.57 Å². The largest absolute Gasteiger partial charge is 0.508 e. The zero-order valence-electron chi connectivity index (χ0n) is 17.5. The predicted molar refractivity (Wildman–Crippen MR) is 120 cm³/mol. The molecule has 0 spiro atoms. The fourth-order valence-electron chi connectivity index (χ4n) is 4.43. The lowest BCUT2D eigenvalue weighted by Gasteiger charge is -2.19. The molecule has 3 aromatic rings. The first kappa shape index (κ1) is 20.5. The summed E-state index contributed by atoms with van der Waals surface area (Å²) in [5, 5.41) is 10.5. The summed E-state index contributed by atoms with van der Waals surface area (Å²) in [5.74, 6) is 0.00435. The van der Waals surface area contributed by atoms with Crippen LogP contribution in [0.4, 0.5) is 0 Å². The van der Waals surface area contributed by atoms with Gasteiger partial charge in [0, 0.05) is 34.1 Å². The third kappa shape index (κ3) is 3.84. The quantitative estimate of drug-likeness (QED) is 0.522. The van der Waals surface area contributed by atoms with Gasteiger partial charge in [0.05, 0.1) is 13.0 Å². The van der Waals surface area contributed by atoms with Gasteiger partial charge in [0.1, 0.15) is 5.75 Å². The van der Waals surface area contributed by atoms with E-state index in [2.05, 4.69) is 18.4 Å². The minimum Gasteiger partial charge on any atom is -0.508 e. The summed E-state index contributed by atoms with van der Waals surface area (Å²) >= 11 is 6.14. The highest BCUT2D eigenvalue weighted by Gasteiger charge is 2.36. The molecule has 1 aliphatic heterocycles. The summed E-state index contributed by atoms with van der Waals surface area (Å²) in [6, 6.07) is 15.0. The zero-order chi connectivity index (χ0) is 21.5. The number of carbonyl (C=O) groups excluding carboxylic acids is 1. The fourth-order valence-corrected chi connectivity index (χ4v) is 4.56. The van der Waals surface area contributed by atoms with Gasteiger partial charge in [0.25, 0.3) is 0 Å². The van der Waals surface area contributed by atoms with Gasteiger partial charge in [-0.25, -0.2) is 0 Å². The molecule has 0 amide bonds. The van der Waals surface area contributed by atoms with Gasteiger partial charge in [0.15, 0.2) is 0 Å². The van der Waals surface area contributed by atoms with E-state index in [1.54, 1.807) is 12.1 Å². The van der Waals surface area contributed by atoms with E-state index in [4.69, 9.17) is 16.3 Å². The van der Waals surface area contributed by atoms with Crippen molar-refractivity contribution in [1.29, 1.82) is 0 Å². The van der Waals surface area contributed by atoms with E-state index in [0.717, 1.165) is 40.9 Å². The molecular formula is C25H26ClNO3. The number of phenolic OH excluding ortho intramolecular Hbond substituents is 1. The summed E-state index contributed by atoms with van der Waals surface area (Å²) in [7, 11) is 0. The number of rotatable bonds is 5. The van der Waals surface area contributed by atoms with E-state index in [9.17, 15) is 9.90 Å². The molecule has 0 bridgehead atoms. The SMILES string of the molecule is CCOC(=O)Cc1c(-c2ccc(Cl)cc2)c(-c2ccc(O)cc2)c2n1CC(C)(C)C2. The molecule has 0 fully saturated rings. The van der Waals surface area contributed by atoms with Gasteiger partial charge in [0.2, 0.25) is 0 Å². The Bertz CT molecular complexity index is 1080. The Hall–Kier alpha value is -2.72. The molecule has 4 nitrogen and oxygen atoms in total. The lowest BCUT2D eigenvalue weighted by Crippen LogP contribution is -2.16. The number of aromatic hydroxyl groups is 1. The lowest BCUT2D eigenvalue weighted by molar-refractivity contribution is -0.142. The number of halogens is 1. The number of carbonyl (C=O) groups is 1. The average molecular weight is 424 g/mol. The third-order valence-electron chi connectivity index (χ3n) is 5.62. The van der Waals surface area contributed by atoms with Crippen molar-refractivity contribution in [3.05, 3.63) is 64.9 Å². The molecule has 30 heavy (non-hydrogen) atoms. The van der Waals surface area contributed by atoms with Crippen LogP contribution in [0.3, 0.4) is 0 Å². The molecule has 1 aliphatic rings. The van der Waals surface area contributed by atoms with E-state index in [1.807, 2.05) is 43.3 Å². The predicted octanol–water partition coefficient (Wildman–Crippen LogP) is 5.87. The fraction of sp³-hybridized carbons (Fsp3) is 0.320. The molecule has 0 atom stereocenters. The first-order valence-corrected chi connectivity index (χ1v) is 10.6. The highest BCUT2D eigenvalue weighted by Crippen LogP contribution is 2.47. The summed E-state index contributed by atoms with van der Waals surface area (Å²) in [6.45, 7) is 7.52. The van der Waals surface area contributed by atoms with Crippen molar-refractivity contribution in [2.75, 3.05) is 6.61 Å². The maximum Gasteiger partial charge on any atom is 0.311 e. The van der Waals surface area contributed by atoms with Crippen LogP contribution in [-0.2, 0) is 28.9 Å². The Kier molecular flexibility index (Phi) is 5.37. The van der Waals surface area contributed by atoms with Crippen molar-refractivity contribution in [3.8, 4) is 28.0 Å². The monoisotopic (exact) mass is 423 g/mol. The van der Waals surface area contributed by atoms with Crippen LogP contribution in [0.1, 0.15) is 32.2 Å². The standard InChI is InChI=1S/C25H26ClNO3/c1-4-30-22(29)13-20-23(16-5-9-18(26)10-6-16)24(17-7-11-19(28)12-8-17)21-14-25(2,3)15-27(20)21/h5-12,28H,4,13-15H2,1-3H3. The normalized spacial score (nSPS) is 14.5. The smallest absolute Gasteiger partial charge is 0.311 e. The van der Waals surface area contributed by atoms with E-state index in [1.165, 1.54) is 5.69 Å². The number of benzene rings is 2. The number of nitrogens with zero attached hydrogens (tertiary/aromatic N) is 1. The second-order valence-electron chi connectivity index (χ2n) is 8.61. The van der Waals surface area contributed by atoms with E-state index in [-0.39, 0.29) is 23.6 Å². The first-order chi connectivity index (χ1) is 14.3. The molecule has 156 valence electrons. The Balaban J connectivity index is 1.98. The second kappa shape index (κ2) is 7.84. The van der Waals surface area contributed by atoms with Gasteiger partial charge < -0.3 is 14.4 Å². The molecule has 0 aliphatic carbocycles. The van der Waals surface area contributed by atoms with Crippen LogP contribution in [0.2, 0.25) is 5.02 Å².